The van der Waals surface area contributed by atoms with Crippen molar-refractivity contribution in [2.45, 2.75) is 40.5 Å². The summed E-state index contributed by atoms with van der Waals surface area (Å²) < 4.78 is 7.17. The number of nitrogens with one attached hydrogen (secondary N) is 1. The van der Waals surface area contributed by atoms with Gasteiger partial charge in [-0.15, -0.1) is 0 Å². The van der Waals surface area contributed by atoms with Crippen LogP contribution in [-0.2, 0) is 0 Å². The molecule has 0 aromatic carbocycles. The van der Waals surface area contributed by atoms with Crippen molar-refractivity contribution in [3.63, 3.8) is 0 Å². The van der Waals surface area contributed by atoms with Gasteiger partial charge in [-0.2, -0.15) is 0 Å². The van der Waals surface area contributed by atoms with Gasteiger partial charge in [0.25, 0.3) is 0 Å². The monoisotopic (exact) mass is 316 g/mol. The number of Topliss-reactive ketones (excluding diaryl/α,β-unsaturated/α-hetero) is 1. The first-order valence-electron chi connectivity index (χ1n) is 8.45. The van der Waals surface area contributed by atoms with Crippen LogP contribution in [0, 0.1) is 26.7 Å². The third-order valence-electron chi connectivity index (χ3n) is 4.97. The highest BCUT2D eigenvalue weighted by Gasteiger charge is 2.25. The predicted octanol–water partition coefficient (Wildman–Crippen LogP) is 1.89. The Kier molecular flexibility index (Phi) is 4.39. The van der Waals surface area contributed by atoms with Gasteiger partial charge in [-0.25, -0.2) is 0 Å². The maximum Gasteiger partial charge on any atom is 0.218 e. The number of nitrogens with zero attached hydrogens (tertiary/aromatic N) is 2. The van der Waals surface area contributed by atoms with Gasteiger partial charge in [0, 0.05) is 23.0 Å². The van der Waals surface area contributed by atoms with E-state index in [0.29, 0.717) is 6.54 Å². The molecule has 5 nitrogen and oxygen atoms in total. The Morgan fingerprint density at radius 3 is 2.61 bits per heavy atom. The molecule has 0 radical (unpaired) electrons. The lowest BCUT2D eigenvalue weighted by Gasteiger charge is -2.26. The van der Waals surface area contributed by atoms with E-state index < -0.39 is 0 Å². The highest BCUT2D eigenvalue weighted by molar-refractivity contribution is 5.98. The molecular formula is C18H26N3O2+. The van der Waals surface area contributed by atoms with Crippen LogP contribution in [-0.4, -0.2) is 35.1 Å². The zero-order chi connectivity index (χ0) is 16.6. The molecule has 0 bridgehead atoms. The summed E-state index contributed by atoms with van der Waals surface area (Å²) in [5.74, 6) is 2.55. The number of hydrogen-bond acceptors (Lipinski definition) is 3. The van der Waals surface area contributed by atoms with Crippen molar-refractivity contribution in [1.82, 2.24) is 9.72 Å². The van der Waals surface area contributed by atoms with Crippen molar-refractivity contribution in [3.05, 3.63) is 34.8 Å². The summed E-state index contributed by atoms with van der Waals surface area (Å²) in [6.07, 6.45) is 2.44. The summed E-state index contributed by atoms with van der Waals surface area (Å²) >= 11 is 0. The first-order valence-corrected chi connectivity index (χ1v) is 8.45. The van der Waals surface area contributed by atoms with Crippen LogP contribution in [0.15, 0.2) is 16.7 Å². The van der Waals surface area contributed by atoms with E-state index in [2.05, 4.69) is 12.1 Å². The number of aromatic nitrogens is 2. The maximum absolute atomic E-state index is 12.7. The summed E-state index contributed by atoms with van der Waals surface area (Å²) in [6.45, 7) is 11.0. The van der Waals surface area contributed by atoms with Gasteiger partial charge in [0.1, 0.15) is 12.3 Å². The molecule has 3 heterocycles. The number of quaternary nitrogens is 1. The average Bonchev–Trinajstić information content (AvgIpc) is 3.05. The van der Waals surface area contributed by atoms with Crippen molar-refractivity contribution in [1.29, 1.82) is 0 Å². The number of carbonyl (C=O) groups is 1. The molecule has 23 heavy (non-hydrogen) atoms. The van der Waals surface area contributed by atoms with E-state index in [0.717, 1.165) is 47.5 Å². The van der Waals surface area contributed by atoms with Crippen LogP contribution in [0.4, 0.5) is 0 Å². The van der Waals surface area contributed by atoms with Crippen LogP contribution >= 0.6 is 0 Å². The Bertz CT molecular complexity index is 706. The van der Waals surface area contributed by atoms with E-state index in [9.17, 15) is 4.79 Å². The standard InChI is InChI=1S/C18H25N3O2/c1-12-5-7-20(8-6-12)11-17(22)16-9-13(2)21(15(16)4)18-10-14(3)23-19-18/h9-10,12H,5-8,11H2,1-4H3/p+1. The number of likely N-dealkylation sites (tertiary alicyclic amines) is 1. The van der Waals surface area contributed by atoms with E-state index in [-0.39, 0.29) is 5.78 Å². The smallest absolute Gasteiger partial charge is 0.218 e. The Labute approximate surface area is 137 Å². The van der Waals surface area contributed by atoms with Gasteiger partial charge in [-0.05, 0) is 45.6 Å². The summed E-state index contributed by atoms with van der Waals surface area (Å²) in [6, 6.07) is 3.87. The molecule has 1 N–H and O–H groups in total. The molecule has 0 unspecified atom stereocenters. The number of aryl methyl sites for hydroxylation is 2. The summed E-state index contributed by atoms with van der Waals surface area (Å²) in [4.78, 5) is 14.2. The lowest BCUT2D eigenvalue weighted by Crippen LogP contribution is -3.13. The molecule has 2 aromatic heterocycles. The zero-order valence-corrected chi connectivity index (χ0v) is 14.5. The Morgan fingerprint density at radius 1 is 1.30 bits per heavy atom. The molecule has 3 rings (SSSR count). The lowest BCUT2D eigenvalue weighted by molar-refractivity contribution is -0.897. The van der Waals surface area contributed by atoms with Crippen molar-refractivity contribution < 1.29 is 14.2 Å². The fraction of sp³-hybridized carbons (Fsp3) is 0.556. The van der Waals surface area contributed by atoms with Gasteiger partial charge in [-0.3, -0.25) is 9.36 Å². The molecular weight excluding hydrogens is 290 g/mol. The third-order valence-corrected chi connectivity index (χ3v) is 4.97. The van der Waals surface area contributed by atoms with Crippen LogP contribution in [0.2, 0.25) is 0 Å². The number of ketones is 1. The van der Waals surface area contributed by atoms with Gasteiger partial charge in [0.2, 0.25) is 5.78 Å². The summed E-state index contributed by atoms with van der Waals surface area (Å²) in [5.41, 5.74) is 2.78. The molecule has 5 heteroatoms. The summed E-state index contributed by atoms with van der Waals surface area (Å²) in [5, 5.41) is 4.08. The van der Waals surface area contributed by atoms with Crippen LogP contribution < -0.4 is 4.90 Å². The third kappa shape index (κ3) is 3.24. The Hall–Kier alpha value is -1.88. The molecule has 1 aliphatic heterocycles. The number of piperidine rings is 1. The first kappa shape index (κ1) is 16.0. The van der Waals surface area contributed by atoms with E-state index in [1.54, 1.807) is 0 Å². The van der Waals surface area contributed by atoms with Gasteiger partial charge in [0.05, 0.1) is 13.1 Å². The minimum absolute atomic E-state index is 0.231. The SMILES string of the molecule is Cc1cc(-n2c(C)cc(C(=O)C[NH+]3CCC(C)CC3)c2C)no1. The molecule has 1 fully saturated rings. The molecule has 0 saturated carbocycles. The second-order valence-electron chi connectivity index (χ2n) is 6.95. The molecule has 0 atom stereocenters. The van der Waals surface area contributed by atoms with Gasteiger partial charge < -0.3 is 9.42 Å². The Morgan fingerprint density at radius 2 is 2.00 bits per heavy atom. The van der Waals surface area contributed by atoms with E-state index in [1.165, 1.54) is 17.7 Å². The maximum atomic E-state index is 12.7. The van der Waals surface area contributed by atoms with Crippen molar-refractivity contribution in [3.8, 4) is 5.82 Å². The van der Waals surface area contributed by atoms with Crippen LogP contribution in [0.1, 0.15) is 47.3 Å². The number of carbonyl (C=O) groups excluding carboxylic acids is 1. The number of hydrogen-bond donors (Lipinski definition) is 1. The highest BCUT2D eigenvalue weighted by Crippen LogP contribution is 2.21. The molecule has 0 spiro atoms. The topological polar surface area (TPSA) is 52.5 Å². The van der Waals surface area contributed by atoms with E-state index >= 15 is 0 Å². The van der Waals surface area contributed by atoms with Gasteiger partial charge in [-0.1, -0.05) is 12.1 Å². The van der Waals surface area contributed by atoms with Crippen LogP contribution in [0.5, 0.6) is 0 Å². The minimum atomic E-state index is 0.231. The van der Waals surface area contributed by atoms with Crippen molar-refractivity contribution in [2.24, 2.45) is 5.92 Å². The zero-order valence-electron chi connectivity index (χ0n) is 14.5. The molecule has 0 amide bonds. The van der Waals surface area contributed by atoms with Crippen LogP contribution in [0.25, 0.3) is 5.82 Å². The minimum Gasteiger partial charge on any atom is -0.360 e. The normalized spacial score (nSPS) is 21.6. The summed E-state index contributed by atoms with van der Waals surface area (Å²) in [7, 11) is 0. The molecule has 1 aliphatic rings. The highest BCUT2D eigenvalue weighted by atomic mass is 16.5. The second-order valence-corrected chi connectivity index (χ2v) is 6.95. The molecule has 1 saturated heterocycles. The van der Waals surface area contributed by atoms with Crippen molar-refractivity contribution >= 4 is 5.78 Å². The predicted molar refractivity (Wildman–Crippen MR) is 88.3 cm³/mol. The van der Waals surface area contributed by atoms with Crippen LogP contribution in [0.3, 0.4) is 0 Å². The van der Waals surface area contributed by atoms with E-state index in [4.69, 9.17) is 4.52 Å². The van der Waals surface area contributed by atoms with Gasteiger partial charge >= 0.3 is 0 Å². The van der Waals surface area contributed by atoms with E-state index in [1.807, 2.05) is 37.5 Å². The van der Waals surface area contributed by atoms with Gasteiger partial charge in [0.15, 0.2) is 5.82 Å². The number of rotatable bonds is 4. The fourth-order valence-electron chi connectivity index (χ4n) is 3.53. The largest absolute Gasteiger partial charge is 0.360 e. The molecule has 124 valence electrons. The Balaban J connectivity index is 1.79. The average molecular weight is 316 g/mol. The molecule has 2 aromatic rings. The quantitative estimate of drug-likeness (QED) is 0.877. The first-order chi connectivity index (χ1) is 11.0. The van der Waals surface area contributed by atoms with Crippen molar-refractivity contribution in [2.75, 3.05) is 19.6 Å². The second kappa shape index (κ2) is 6.32. The fourth-order valence-corrected chi connectivity index (χ4v) is 3.53. The lowest BCUT2D eigenvalue weighted by atomic mass is 9.99. The molecule has 0 aliphatic carbocycles.